The second-order valence-corrected chi connectivity index (χ2v) is 8.49. The number of unbranched alkanes of at least 4 members (excludes halogenated alkanes) is 1. The highest BCUT2D eigenvalue weighted by molar-refractivity contribution is 5.89. The summed E-state index contributed by atoms with van der Waals surface area (Å²) in [5, 5.41) is 12.3. The van der Waals surface area contributed by atoms with E-state index in [1.165, 1.54) is 0 Å². The van der Waals surface area contributed by atoms with Crippen LogP contribution in [0.2, 0.25) is 0 Å². The summed E-state index contributed by atoms with van der Waals surface area (Å²) in [5.74, 6) is -1.22. The Morgan fingerprint density at radius 2 is 1.46 bits per heavy atom. The van der Waals surface area contributed by atoms with Crippen molar-refractivity contribution in [2.75, 3.05) is 0 Å². The number of carboxylic acids is 1. The zero-order valence-electron chi connectivity index (χ0n) is 21.5. The van der Waals surface area contributed by atoms with E-state index in [1.54, 1.807) is 18.3 Å². The van der Waals surface area contributed by atoms with Crippen molar-refractivity contribution in [3.63, 3.8) is 0 Å². The summed E-state index contributed by atoms with van der Waals surface area (Å²) in [4.78, 5) is 27.9. The van der Waals surface area contributed by atoms with Gasteiger partial charge in [-0.1, -0.05) is 74.6 Å². The minimum atomic E-state index is -1.00. The van der Waals surface area contributed by atoms with Crippen molar-refractivity contribution in [1.29, 1.82) is 0 Å². The molecule has 2 atom stereocenters. The molecule has 0 bridgehead atoms. The lowest BCUT2D eigenvalue weighted by atomic mass is 9.95. The number of carboxylic acid groups (broad SMARTS) is 1. The molecule has 1 heterocycles. The van der Waals surface area contributed by atoms with Gasteiger partial charge < -0.3 is 10.4 Å². The third-order valence-corrected chi connectivity index (χ3v) is 5.57. The van der Waals surface area contributed by atoms with Crippen LogP contribution in [0.1, 0.15) is 94.1 Å². The number of aromatic nitrogens is 1. The number of allylic oxidation sites excluding steroid dienone is 10. The van der Waals surface area contributed by atoms with Gasteiger partial charge in [-0.25, -0.2) is 4.79 Å². The fourth-order valence-corrected chi connectivity index (χ4v) is 3.40. The number of nitrogens with one attached hydrogen (secondary N) is 1. The molecule has 0 saturated heterocycles. The number of rotatable bonds is 17. The van der Waals surface area contributed by atoms with E-state index in [1.807, 2.05) is 13.8 Å². The van der Waals surface area contributed by atoms with E-state index in [9.17, 15) is 14.7 Å². The maximum atomic E-state index is 12.3. The predicted octanol–water partition coefficient (Wildman–Crippen LogP) is 7.31. The van der Waals surface area contributed by atoms with Gasteiger partial charge in [0.05, 0.1) is 11.3 Å². The Bertz CT molecular complexity index is 897. The molecule has 0 aliphatic heterocycles. The van der Waals surface area contributed by atoms with Crippen molar-refractivity contribution < 1.29 is 14.7 Å². The van der Waals surface area contributed by atoms with E-state index in [-0.39, 0.29) is 23.4 Å². The molecule has 1 aromatic rings. The van der Waals surface area contributed by atoms with E-state index in [2.05, 4.69) is 78.0 Å². The van der Waals surface area contributed by atoms with Gasteiger partial charge >= 0.3 is 5.97 Å². The Hall–Kier alpha value is -3.21. The van der Waals surface area contributed by atoms with Crippen molar-refractivity contribution in [3.05, 3.63) is 90.3 Å². The Balaban J connectivity index is 2.18. The summed E-state index contributed by atoms with van der Waals surface area (Å²) in [5.41, 5.74) is 0.672. The van der Waals surface area contributed by atoms with Crippen LogP contribution in [0.3, 0.4) is 0 Å². The zero-order chi connectivity index (χ0) is 25.7. The molecular weight excluding hydrogens is 436 g/mol. The van der Waals surface area contributed by atoms with Crippen LogP contribution in [-0.4, -0.2) is 28.0 Å². The molecule has 190 valence electrons. The first-order valence-corrected chi connectivity index (χ1v) is 12.7. The quantitative estimate of drug-likeness (QED) is 0.182. The third kappa shape index (κ3) is 13.9. The number of hydrogen-bond donors (Lipinski definition) is 2. The normalized spacial score (nSPS) is 14.0. The first-order chi connectivity index (χ1) is 17.0. The third-order valence-electron chi connectivity index (χ3n) is 5.57. The van der Waals surface area contributed by atoms with Crippen LogP contribution in [0.5, 0.6) is 0 Å². The lowest BCUT2D eigenvalue weighted by Gasteiger charge is -2.22. The molecular formula is C30H42N2O3. The molecule has 5 heteroatoms. The first kappa shape index (κ1) is 29.8. The second-order valence-electron chi connectivity index (χ2n) is 8.49. The van der Waals surface area contributed by atoms with E-state index in [0.717, 1.165) is 44.9 Å². The number of pyridine rings is 1. The molecule has 1 aromatic heterocycles. The van der Waals surface area contributed by atoms with Gasteiger partial charge in [-0.05, 0) is 64.0 Å². The topological polar surface area (TPSA) is 79.3 Å². The Kier molecular flexibility index (Phi) is 16.3. The Morgan fingerprint density at radius 1 is 0.914 bits per heavy atom. The molecule has 2 N–H and O–H groups in total. The number of carbonyl (C=O) groups is 2. The highest BCUT2D eigenvalue weighted by atomic mass is 16.4. The minimum absolute atomic E-state index is 0.0236. The molecule has 0 radical (unpaired) electrons. The summed E-state index contributed by atoms with van der Waals surface area (Å²) >= 11 is 0. The van der Waals surface area contributed by atoms with Crippen LogP contribution >= 0.6 is 0 Å². The van der Waals surface area contributed by atoms with Crippen molar-refractivity contribution in [2.45, 2.75) is 84.1 Å². The van der Waals surface area contributed by atoms with E-state index < -0.39 is 5.97 Å². The largest absolute Gasteiger partial charge is 0.478 e. The van der Waals surface area contributed by atoms with Crippen molar-refractivity contribution in [3.8, 4) is 0 Å². The molecule has 0 saturated carbocycles. The number of nitrogens with zero attached hydrogens (tertiary/aromatic N) is 1. The fourth-order valence-electron chi connectivity index (χ4n) is 3.40. The van der Waals surface area contributed by atoms with Gasteiger partial charge in [0.1, 0.15) is 0 Å². The van der Waals surface area contributed by atoms with Crippen LogP contribution in [-0.2, 0) is 4.79 Å². The Morgan fingerprint density at radius 3 is 2.00 bits per heavy atom. The van der Waals surface area contributed by atoms with Crippen molar-refractivity contribution in [1.82, 2.24) is 10.3 Å². The molecule has 0 aliphatic carbocycles. The van der Waals surface area contributed by atoms with Crippen LogP contribution in [0, 0.1) is 0 Å². The minimum Gasteiger partial charge on any atom is -0.478 e. The van der Waals surface area contributed by atoms with Gasteiger partial charge in [-0.2, -0.15) is 0 Å². The molecule has 0 fully saturated rings. The smallest absolute Gasteiger partial charge is 0.337 e. The van der Waals surface area contributed by atoms with E-state index >= 15 is 0 Å². The van der Waals surface area contributed by atoms with Crippen molar-refractivity contribution >= 4 is 11.9 Å². The lowest BCUT2D eigenvalue weighted by Crippen LogP contribution is -2.36. The van der Waals surface area contributed by atoms with Crippen LogP contribution in [0.15, 0.2) is 79.1 Å². The molecule has 35 heavy (non-hydrogen) atoms. The standard InChI is InChI=1S/C30H42N2O3/c1-4-5-6-7-8-9-10-11-12-13-14-15-16-17-18-19-20-23-28(33)32-26(3)25(2)29-27(30(34)35)22-21-24-31-29/h5-6,8-9,11-12,14-15,17-18,21-22,24-26H,4,7,10,13,16,19-20,23H2,1-3H3,(H,32,33)(H,34,35). The maximum Gasteiger partial charge on any atom is 0.337 e. The zero-order valence-corrected chi connectivity index (χ0v) is 21.5. The summed E-state index contributed by atoms with van der Waals surface area (Å²) in [6.45, 7) is 5.91. The fraction of sp³-hybridized carbons (Fsp3) is 0.433. The summed E-state index contributed by atoms with van der Waals surface area (Å²) in [7, 11) is 0. The number of carbonyl (C=O) groups excluding carboxylic acids is 1. The van der Waals surface area contributed by atoms with E-state index in [4.69, 9.17) is 0 Å². The average Bonchev–Trinajstić information content (AvgIpc) is 2.85. The predicted molar refractivity (Wildman–Crippen MR) is 146 cm³/mol. The molecule has 1 rings (SSSR count). The summed E-state index contributed by atoms with van der Waals surface area (Å²) in [6.07, 6.45) is 30.3. The molecule has 0 aliphatic rings. The van der Waals surface area contributed by atoms with Crippen LogP contribution < -0.4 is 5.32 Å². The van der Waals surface area contributed by atoms with Gasteiger partial charge in [-0.15, -0.1) is 0 Å². The molecule has 5 nitrogen and oxygen atoms in total. The maximum absolute atomic E-state index is 12.3. The first-order valence-electron chi connectivity index (χ1n) is 12.7. The van der Waals surface area contributed by atoms with Crippen LogP contribution in [0.25, 0.3) is 0 Å². The van der Waals surface area contributed by atoms with E-state index in [0.29, 0.717) is 12.1 Å². The summed E-state index contributed by atoms with van der Waals surface area (Å²) in [6, 6.07) is 2.95. The highest BCUT2D eigenvalue weighted by Gasteiger charge is 2.22. The van der Waals surface area contributed by atoms with Gasteiger partial charge in [0.25, 0.3) is 0 Å². The van der Waals surface area contributed by atoms with Crippen LogP contribution in [0.4, 0.5) is 0 Å². The SMILES string of the molecule is CCC=CCC=CCC=CCC=CCC=CCCCC(=O)NC(C)C(C)c1ncccc1C(=O)O. The molecule has 2 unspecified atom stereocenters. The van der Waals surface area contributed by atoms with Crippen molar-refractivity contribution in [2.24, 2.45) is 0 Å². The second kappa shape index (κ2) is 19.1. The van der Waals surface area contributed by atoms with Gasteiger partial charge in [-0.3, -0.25) is 9.78 Å². The number of hydrogen-bond acceptors (Lipinski definition) is 3. The molecule has 1 amide bonds. The lowest BCUT2D eigenvalue weighted by molar-refractivity contribution is -0.121. The monoisotopic (exact) mass is 478 g/mol. The number of aromatic carboxylic acids is 1. The van der Waals surface area contributed by atoms with Gasteiger partial charge in [0.15, 0.2) is 0 Å². The number of amides is 1. The highest BCUT2D eigenvalue weighted by Crippen LogP contribution is 2.21. The molecule has 0 spiro atoms. The summed E-state index contributed by atoms with van der Waals surface area (Å²) < 4.78 is 0. The van der Waals surface area contributed by atoms with Gasteiger partial charge in [0.2, 0.25) is 5.91 Å². The Labute approximate surface area is 211 Å². The van der Waals surface area contributed by atoms with Gasteiger partial charge in [0, 0.05) is 24.6 Å². The average molecular weight is 479 g/mol. The molecule has 0 aromatic carbocycles.